The van der Waals surface area contributed by atoms with Crippen molar-refractivity contribution in [1.82, 2.24) is 9.80 Å². The van der Waals surface area contributed by atoms with Crippen LogP contribution in [0.5, 0.6) is 0 Å². The molecule has 1 saturated carbocycles. The molecule has 0 atom stereocenters. The molecule has 1 aliphatic heterocycles. The lowest BCUT2D eigenvalue weighted by Gasteiger charge is -2.46. The van der Waals surface area contributed by atoms with Crippen molar-refractivity contribution in [2.45, 2.75) is 31.6 Å². The van der Waals surface area contributed by atoms with E-state index in [0.717, 1.165) is 57.5 Å². The largest absolute Gasteiger partial charge is 0.339 e. The maximum absolute atomic E-state index is 13.1. The van der Waals surface area contributed by atoms with E-state index in [2.05, 4.69) is 11.8 Å². The molecule has 1 amide bonds. The fourth-order valence-electron chi connectivity index (χ4n) is 3.50. The van der Waals surface area contributed by atoms with Crippen LogP contribution in [0.25, 0.3) is 0 Å². The van der Waals surface area contributed by atoms with Gasteiger partial charge in [0.1, 0.15) is 5.82 Å². The molecule has 0 radical (unpaired) electrons. The van der Waals surface area contributed by atoms with Gasteiger partial charge in [-0.25, -0.2) is 4.39 Å². The maximum Gasteiger partial charge on any atom is 0.233 e. The van der Waals surface area contributed by atoms with Crippen molar-refractivity contribution in [3.8, 4) is 0 Å². The van der Waals surface area contributed by atoms with E-state index < -0.39 is 0 Å². The SMILES string of the molecule is CCN1CCN(C(=O)C2(c3ccc(F)cc3)CCC2)CC1. The lowest BCUT2D eigenvalue weighted by Crippen LogP contribution is -2.56. The van der Waals surface area contributed by atoms with Gasteiger partial charge in [-0.2, -0.15) is 0 Å². The second-order valence-corrected chi connectivity index (χ2v) is 6.17. The molecular weight excluding hydrogens is 267 g/mol. The Balaban J connectivity index is 1.77. The summed E-state index contributed by atoms with van der Waals surface area (Å²) in [4.78, 5) is 17.4. The van der Waals surface area contributed by atoms with Gasteiger partial charge in [0, 0.05) is 26.2 Å². The Morgan fingerprint density at radius 1 is 1.14 bits per heavy atom. The first kappa shape index (κ1) is 14.5. The molecule has 0 bridgehead atoms. The molecule has 0 spiro atoms. The quantitative estimate of drug-likeness (QED) is 0.853. The van der Waals surface area contributed by atoms with E-state index in [9.17, 15) is 9.18 Å². The second-order valence-electron chi connectivity index (χ2n) is 6.17. The van der Waals surface area contributed by atoms with E-state index >= 15 is 0 Å². The van der Waals surface area contributed by atoms with Crippen molar-refractivity contribution in [3.63, 3.8) is 0 Å². The van der Waals surface area contributed by atoms with Crippen LogP contribution in [0.15, 0.2) is 24.3 Å². The maximum atomic E-state index is 13.1. The first-order chi connectivity index (χ1) is 10.2. The summed E-state index contributed by atoms with van der Waals surface area (Å²) in [5, 5.41) is 0. The van der Waals surface area contributed by atoms with Crippen molar-refractivity contribution in [3.05, 3.63) is 35.6 Å². The summed E-state index contributed by atoms with van der Waals surface area (Å²) >= 11 is 0. The Bertz CT molecular complexity index is 502. The third kappa shape index (κ3) is 2.57. The van der Waals surface area contributed by atoms with Crippen LogP contribution >= 0.6 is 0 Å². The Morgan fingerprint density at radius 3 is 2.24 bits per heavy atom. The molecule has 1 aliphatic carbocycles. The molecule has 0 unspecified atom stereocenters. The van der Waals surface area contributed by atoms with Crippen LogP contribution in [0.4, 0.5) is 4.39 Å². The van der Waals surface area contributed by atoms with Crippen LogP contribution in [0.1, 0.15) is 31.7 Å². The van der Waals surface area contributed by atoms with E-state index in [1.165, 1.54) is 12.1 Å². The van der Waals surface area contributed by atoms with Crippen LogP contribution in [0.2, 0.25) is 0 Å². The number of nitrogens with zero attached hydrogens (tertiary/aromatic N) is 2. The average molecular weight is 290 g/mol. The van der Waals surface area contributed by atoms with Gasteiger partial charge in [0.25, 0.3) is 0 Å². The van der Waals surface area contributed by atoms with Crippen LogP contribution in [0, 0.1) is 5.82 Å². The number of hydrogen-bond donors (Lipinski definition) is 0. The molecule has 0 aromatic heterocycles. The topological polar surface area (TPSA) is 23.6 Å². The highest BCUT2D eigenvalue weighted by Gasteiger charge is 2.47. The number of benzene rings is 1. The van der Waals surface area contributed by atoms with E-state index in [0.29, 0.717) is 0 Å². The van der Waals surface area contributed by atoms with E-state index in [4.69, 9.17) is 0 Å². The van der Waals surface area contributed by atoms with E-state index in [1.807, 2.05) is 4.90 Å². The molecule has 1 aromatic carbocycles. The number of carbonyl (C=O) groups is 1. The highest BCUT2D eigenvalue weighted by atomic mass is 19.1. The summed E-state index contributed by atoms with van der Waals surface area (Å²) in [5.41, 5.74) is 0.598. The number of amides is 1. The van der Waals surface area contributed by atoms with Crippen molar-refractivity contribution in [2.75, 3.05) is 32.7 Å². The summed E-state index contributed by atoms with van der Waals surface area (Å²) in [6.07, 6.45) is 2.87. The minimum atomic E-state index is -0.387. The molecule has 1 saturated heterocycles. The predicted octanol–water partition coefficient (Wildman–Crippen LogP) is 2.41. The highest BCUT2D eigenvalue weighted by Crippen LogP contribution is 2.45. The standard InChI is InChI=1S/C17H23FN2O/c1-2-19-10-12-20(13-11-19)16(21)17(8-3-9-17)14-4-6-15(18)7-5-14/h4-7H,2-3,8-13H2,1H3. The fraction of sp³-hybridized carbons (Fsp3) is 0.588. The number of piperazine rings is 1. The fourth-order valence-corrected chi connectivity index (χ4v) is 3.50. The summed E-state index contributed by atoms with van der Waals surface area (Å²) in [6.45, 7) is 6.75. The third-order valence-corrected chi connectivity index (χ3v) is 5.12. The van der Waals surface area contributed by atoms with Crippen molar-refractivity contribution >= 4 is 5.91 Å². The lowest BCUT2D eigenvalue weighted by atomic mass is 9.63. The van der Waals surface area contributed by atoms with Gasteiger partial charge in [-0.15, -0.1) is 0 Å². The average Bonchev–Trinajstić information content (AvgIpc) is 2.48. The number of rotatable bonds is 3. The third-order valence-electron chi connectivity index (χ3n) is 5.12. The summed E-state index contributed by atoms with van der Waals surface area (Å²) < 4.78 is 13.1. The zero-order valence-electron chi connectivity index (χ0n) is 12.6. The molecule has 21 heavy (non-hydrogen) atoms. The first-order valence-electron chi connectivity index (χ1n) is 7.93. The Hall–Kier alpha value is -1.42. The van der Waals surface area contributed by atoms with Gasteiger partial charge in [0.15, 0.2) is 0 Å². The molecule has 0 N–H and O–H groups in total. The minimum absolute atomic E-state index is 0.239. The van der Waals surface area contributed by atoms with Gasteiger partial charge in [0.05, 0.1) is 5.41 Å². The Kier molecular flexibility index (Phi) is 3.98. The molecule has 2 fully saturated rings. The van der Waals surface area contributed by atoms with Gasteiger partial charge in [-0.1, -0.05) is 25.5 Å². The van der Waals surface area contributed by atoms with Gasteiger partial charge in [-0.05, 0) is 37.1 Å². The number of halogens is 1. The molecule has 114 valence electrons. The molecule has 2 aliphatic rings. The molecular formula is C17H23FN2O. The number of carbonyl (C=O) groups excluding carboxylic acids is 1. The molecule has 3 nitrogen and oxygen atoms in total. The molecule has 3 rings (SSSR count). The monoisotopic (exact) mass is 290 g/mol. The summed E-state index contributed by atoms with van der Waals surface area (Å²) in [5.74, 6) is 0.00773. The van der Waals surface area contributed by atoms with Crippen molar-refractivity contribution < 1.29 is 9.18 Å². The highest BCUT2D eigenvalue weighted by molar-refractivity contribution is 5.89. The van der Waals surface area contributed by atoms with Crippen LogP contribution < -0.4 is 0 Å². The lowest BCUT2D eigenvalue weighted by molar-refractivity contribution is -0.142. The number of hydrogen-bond acceptors (Lipinski definition) is 2. The molecule has 1 heterocycles. The van der Waals surface area contributed by atoms with Gasteiger partial charge in [-0.3, -0.25) is 4.79 Å². The Morgan fingerprint density at radius 2 is 1.76 bits per heavy atom. The van der Waals surface area contributed by atoms with Gasteiger partial charge < -0.3 is 9.80 Å². The zero-order valence-corrected chi connectivity index (χ0v) is 12.6. The molecule has 1 aromatic rings. The van der Waals surface area contributed by atoms with Crippen LogP contribution in [0.3, 0.4) is 0 Å². The van der Waals surface area contributed by atoms with Crippen molar-refractivity contribution in [2.24, 2.45) is 0 Å². The van der Waals surface area contributed by atoms with Gasteiger partial charge >= 0.3 is 0 Å². The normalized spacial score (nSPS) is 21.9. The van der Waals surface area contributed by atoms with Crippen LogP contribution in [-0.2, 0) is 10.2 Å². The number of likely N-dealkylation sites (N-methyl/N-ethyl adjacent to an activating group) is 1. The first-order valence-corrected chi connectivity index (χ1v) is 7.93. The second kappa shape index (κ2) is 5.76. The van der Waals surface area contributed by atoms with Gasteiger partial charge in [0.2, 0.25) is 5.91 Å². The van der Waals surface area contributed by atoms with Crippen molar-refractivity contribution in [1.29, 1.82) is 0 Å². The summed E-state index contributed by atoms with van der Waals surface area (Å²) in [7, 11) is 0. The van der Waals surface area contributed by atoms with E-state index in [-0.39, 0.29) is 17.1 Å². The summed E-state index contributed by atoms with van der Waals surface area (Å²) in [6, 6.07) is 6.51. The van der Waals surface area contributed by atoms with Crippen LogP contribution in [-0.4, -0.2) is 48.4 Å². The minimum Gasteiger partial charge on any atom is -0.339 e. The predicted molar refractivity (Wildman–Crippen MR) is 80.6 cm³/mol. The Labute approximate surface area is 125 Å². The molecule has 4 heteroatoms. The smallest absolute Gasteiger partial charge is 0.233 e. The van der Waals surface area contributed by atoms with E-state index in [1.54, 1.807) is 12.1 Å². The zero-order chi connectivity index (χ0) is 14.9.